The molecule has 2 aromatic carbocycles. The zero-order chi connectivity index (χ0) is 23.9. The molecule has 0 amide bonds. The number of sulfone groups is 1. The van der Waals surface area contributed by atoms with Crippen molar-refractivity contribution in [2.24, 2.45) is 0 Å². The van der Waals surface area contributed by atoms with Crippen molar-refractivity contribution >= 4 is 26.3 Å². The molecule has 4 rings (SSSR count). The predicted molar refractivity (Wildman–Crippen MR) is 139 cm³/mol. The lowest BCUT2D eigenvalue weighted by Gasteiger charge is -2.32. The van der Waals surface area contributed by atoms with Crippen molar-refractivity contribution in [2.45, 2.75) is 71.0 Å². The van der Waals surface area contributed by atoms with E-state index in [-0.39, 0.29) is 5.25 Å². The Labute approximate surface area is 202 Å². The van der Waals surface area contributed by atoms with Crippen LogP contribution in [0.5, 0.6) is 0 Å². The van der Waals surface area contributed by atoms with Crippen molar-refractivity contribution in [3.05, 3.63) is 74.3 Å². The molecule has 1 aliphatic rings. The van der Waals surface area contributed by atoms with E-state index in [1.165, 1.54) is 16.7 Å². The Morgan fingerprint density at radius 1 is 0.909 bits per heavy atom. The summed E-state index contributed by atoms with van der Waals surface area (Å²) in [4.78, 5) is 7.68. The molecule has 0 saturated carbocycles. The highest BCUT2D eigenvalue weighted by Crippen LogP contribution is 2.34. The highest BCUT2D eigenvalue weighted by Gasteiger charge is 2.34. The van der Waals surface area contributed by atoms with E-state index < -0.39 is 9.84 Å². The van der Waals surface area contributed by atoms with Gasteiger partial charge in [0.2, 0.25) is 0 Å². The maximum atomic E-state index is 13.6. The van der Waals surface area contributed by atoms with Crippen molar-refractivity contribution in [3.63, 3.8) is 0 Å². The molecule has 1 aromatic heterocycles. The molecule has 0 atom stereocenters. The number of piperidine rings is 1. The van der Waals surface area contributed by atoms with Crippen LogP contribution in [0.2, 0.25) is 0 Å². The smallest absolute Gasteiger partial charge is 0.185 e. The number of rotatable bonds is 5. The quantitative estimate of drug-likeness (QED) is 0.446. The number of hydrogen-bond donors (Lipinski definition) is 0. The molecule has 6 heteroatoms. The van der Waals surface area contributed by atoms with Gasteiger partial charge in [-0.15, -0.1) is 11.3 Å². The van der Waals surface area contributed by atoms with Gasteiger partial charge in [0, 0.05) is 24.9 Å². The minimum absolute atomic E-state index is 0.331. The summed E-state index contributed by atoms with van der Waals surface area (Å²) in [5, 5.41) is 2.81. The molecule has 1 aliphatic heterocycles. The van der Waals surface area contributed by atoms with E-state index >= 15 is 0 Å². The van der Waals surface area contributed by atoms with E-state index in [0.29, 0.717) is 17.7 Å². The van der Waals surface area contributed by atoms with E-state index in [0.717, 1.165) is 52.6 Å². The Kier molecular flexibility index (Phi) is 6.70. The second kappa shape index (κ2) is 9.22. The summed E-state index contributed by atoms with van der Waals surface area (Å²) in [6.07, 6.45) is 2.11. The summed E-state index contributed by atoms with van der Waals surface area (Å²) in [6.45, 7) is 13.6. The van der Waals surface area contributed by atoms with Gasteiger partial charge in [-0.3, -0.25) is 0 Å². The van der Waals surface area contributed by atoms with Crippen LogP contribution in [0.3, 0.4) is 0 Å². The lowest BCUT2D eigenvalue weighted by Crippen LogP contribution is -2.39. The van der Waals surface area contributed by atoms with Crippen LogP contribution < -0.4 is 4.90 Å². The predicted octanol–water partition coefficient (Wildman–Crippen LogP) is 6.03. The maximum Gasteiger partial charge on any atom is 0.185 e. The zero-order valence-corrected chi connectivity index (χ0v) is 22.2. The number of hydrogen-bond acceptors (Lipinski definition) is 5. The topological polar surface area (TPSA) is 50.3 Å². The minimum atomic E-state index is -3.36. The van der Waals surface area contributed by atoms with Gasteiger partial charge in [0.1, 0.15) is 0 Å². The first kappa shape index (κ1) is 24.0. The molecule has 0 spiro atoms. The molecule has 176 valence electrons. The first-order valence-corrected chi connectivity index (χ1v) is 14.1. The van der Waals surface area contributed by atoms with Crippen LogP contribution in [0, 0.1) is 41.5 Å². The van der Waals surface area contributed by atoms with Crippen LogP contribution in [0.4, 0.5) is 5.13 Å². The number of aromatic nitrogens is 1. The van der Waals surface area contributed by atoms with Crippen LogP contribution in [0.25, 0.3) is 0 Å². The largest absolute Gasteiger partial charge is 0.348 e. The minimum Gasteiger partial charge on any atom is -0.348 e. The maximum absolute atomic E-state index is 13.6. The van der Waals surface area contributed by atoms with Crippen LogP contribution in [-0.2, 0) is 16.3 Å². The molecule has 0 bridgehead atoms. The molecule has 1 saturated heterocycles. The van der Waals surface area contributed by atoms with Gasteiger partial charge in [0.05, 0.1) is 15.8 Å². The Morgan fingerprint density at radius 2 is 1.55 bits per heavy atom. The first-order valence-electron chi connectivity index (χ1n) is 11.6. The monoisotopic (exact) mass is 482 g/mol. The van der Waals surface area contributed by atoms with Crippen molar-refractivity contribution in [1.82, 2.24) is 4.98 Å². The molecular weight excluding hydrogens is 448 g/mol. The Bertz CT molecular complexity index is 1260. The number of benzene rings is 2. The van der Waals surface area contributed by atoms with E-state index in [1.54, 1.807) is 11.3 Å². The molecule has 1 fully saturated rings. The van der Waals surface area contributed by atoms with E-state index in [4.69, 9.17) is 4.98 Å². The van der Waals surface area contributed by atoms with Crippen LogP contribution in [-0.4, -0.2) is 31.7 Å². The lowest BCUT2D eigenvalue weighted by atomic mass is 10.0. The van der Waals surface area contributed by atoms with Gasteiger partial charge in [-0.05, 0) is 93.3 Å². The molecule has 0 N–H and O–H groups in total. The van der Waals surface area contributed by atoms with Crippen molar-refractivity contribution < 1.29 is 8.42 Å². The normalized spacial score (nSPS) is 15.3. The highest BCUT2D eigenvalue weighted by molar-refractivity contribution is 7.92. The summed E-state index contributed by atoms with van der Waals surface area (Å²) >= 11 is 1.66. The highest BCUT2D eigenvalue weighted by atomic mass is 32.2. The summed E-state index contributed by atoms with van der Waals surface area (Å²) in [6, 6.07) is 8.67. The fraction of sp³-hybridized carbons (Fsp3) is 0.444. The molecule has 33 heavy (non-hydrogen) atoms. The summed E-state index contributed by atoms with van der Waals surface area (Å²) in [5.41, 5.74) is 8.87. The van der Waals surface area contributed by atoms with Crippen molar-refractivity contribution in [3.8, 4) is 0 Å². The van der Waals surface area contributed by atoms with Gasteiger partial charge < -0.3 is 4.90 Å². The first-order chi connectivity index (χ1) is 15.6. The van der Waals surface area contributed by atoms with Gasteiger partial charge in [-0.2, -0.15) is 0 Å². The molecule has 0 aliphatic carbocycles. The molecule has 0 unspecified atom stereocenters. The molecule has 3 aromatic rings. The van der Waals surface area contributed by atoms with Crippen LogP contribution >= 0.6 is 11.3 Å². The van der Waals surface area contributed by atoms with Gasteiger partial charge >= 0.3 is 0 Å². The standard InChI is InChI=1S/C27H34N2O2S2/c1-17-7-8-23(14-18(17)2)15-24-16-32-27(28-24)29-11-9-25(10-12-29)33(30,31)26-21(5)19(3)13-20(4)22(26)6/h7-8,13-14,16,25H,9-12,15H2,1-6H3. The number of anilines is 1. The van der Waals surface area contributed by atoms with E-state index in [1.807, 2.05) is 27.7 Å². The summed E-state index contributed by atoms with van der Waals surface area (Å²) in [5.74, 6) is 0. The fourth-order valence-corrected chi connectivity index (χ4v) is 8.00. The van der Waals surface area contributed by atoms with Gasteiger partial charge in [0.25, 0.3) is 0 Å². The Hall–Kier alpha value is -2.18. The third-order valence-electron chi connectivity index (χ3n) is 7.23. The number of nitrogens with zero attached hydrogens (tertiary/aromatic N) is 2. The fourth-order valence-electron chi connectivity index (χ4n) is 4.78. The summed E-state index contributed by atoms with van der Waals surface area (Å²) in [7, 11) is -3.36. The Morgan fingerprint density at radius 3 is 2.15 bits per heavy atom. The van der Waals surface area contributed by atoms with E-state index in [2.05, 4.69) is 48.4 Å². The van der Waals surface area contributed by atoms with Crippen molar-refractivity contribution in [1.29, 1.82) is 0 Å². The van der Waals surface area contributed by atoms with Gasteiger partial charge in [-0.1, -0.05) is 24.3 Å². The zero-order valence-electron chi connectivity index (χ0n) is 20.5. The van der Waals surface area contributed by atoms with E-state index in [9.17, 15) is 8.42 Å². The average Bonchev–Trinajstić information content (AvgIpc) is 3.23. The summed E-state index contributed by atoms with van der Waals surface area (Å²) < 4.78 is 27.2. The second-order valence-corrected chi connectivity index (χ2v) is 12.5. The average molecular weight is 483 g/mol. The van der Waals surface area contributed by atoms with Gasteiger partial charge in [-0.25, -0.2) is 13.4 Å². The SMILES string of the molecule is Cc1ccc(Cc2csc(N3CCC(S(=O)(=O)c4c(C)c(C)cc(C)c4C)CC3)n2)cc1C. The second-order valence-electron chi connectivity index (χ2n) is 9.54. The van der Waals surface area contributed by atoms with Gasteiger partial charge in [0.15, 0.2) is 15.0 Å². The third-order valence-corrected chi connectivity index (χ3v) is 10.7. The molecule has 2 heterocycles. The molecule has 4 nitrogen and oxygen atoms in total. The number of thiazole rings is 1. The Balaban J connectivity index is 1.46. The molecular formula is C27H34N2O2S2. The van der Waals surface area contributed by atoms with Crippen molar-refractivity contribution in [2.75, 3.05) is 18.0 Å². The van der Waals surface area contributed by atoms with Crippen LogP contribution in [0.1, 0.15) is 57.5 Å². The number of aryl methyl sites for hydroxylation is 4. The molecule has 0 radical (unpaired) electrons. The third kappa shape index (κ3) is 4.73. The lowest BCUT2D eigenvalue weighted by molar-refractivity contribution is 0.528. The van der Waals surface area contributed by atoms with Crippen LogP contribution in [0.15, 0.2) is 34.5 Å².